The van der Waals surface area contributed by atoms with Gasteiger partial charge in [0.1, 0.15) is 0 Å². The van der Waals surface area contributed by atoms with Crippen LogP contribution in [0.15, 0.2) is 12.1 Å². The van der Waals surface area contributed by atoms with Crippen molar-refractivity contribution in [2.75, 3.05) is 5.32 Å². The number of aromatic carboxylic acids is 1. The number of rotatable bonds is 4. The Morgan fingerprint density at radius 3 is 1.80 bits per heavy atom. The number of carbonyl (C=O) groups is 1. The van der Waals surface area contributed by atoms with E-state index in [0.717, 1.165) is 12.1 Å². The van der Waals surface area contributed by atoms with Crippen LogP contribution >= 0.6 is 0 Å². The van der Waals surface area contributed by atoms with Crippen LogP contribution in [0.3, 0.4) is 0 Å². The first-order valence-corrected chi connectivity index (χ1v) is 5.51. The van der Waals surface area contributed by atoms with E-state index >= 15 is 0 Å². The van der Waals surface area contributed by atoms with E-state index in [-0.39, 0.29) is 5.69 Å². The molecule has 0 spiro atoms. The van der Waals surface area contributed by atoms with Gasteiger partial charge in [0, 0.05) is 17.7 Å². The standard InChI is InChI=1S/C11H13N3O6/c1-11(2,3)12-9-7(13(17)18)4-6(10(15)16)5-8(9)14(19)20/h4-5,12H,1-3H3,(H,15,16). The van der Waals surface area contributed by atoms with E-state index in [1.165, 1.54) is 0 Å². The van der Waals surface area contributed by atoms with Gasteiger partial charge in [0.15, 0.2) is 5.69 Å². The molecule has 2 N–H and O–H groups in total. The Morgan fingerprint density at radius 1 is 1.15 bits per heavy atom. The van der Waals surface area contributed by atoms with Crippen LogP contribution in [0.2, 0.25) is 0 Å². The third-order valence-electron chi connectivity index (χ3n) is 2.24. The Hall–Kier alpha value is -2.71. The van der Waals surface area contributed by atoms with E-state index in [1.54, 1.807) is 20.8 Å². The smallest absolute Gasteiger partial charge is 0.336 e. The Kier molecular flexibility index (Phi) is 3.92. The average Bonchev–Trinajstić information content (AvgIpc) is 2.25. The fourth-order valence-corrected chi connectivity index (χ4v) is 1.53. The molecule has 0 aromatic heterocycles. The SMILES string of the molecule is CC(C)(C)Nc1c([N+](=O)[O-])cc(C(=O)O)cc1[N+](=O)[O-]. The summed E-state index contributed by atoms with van der Waals surface area (Å²) >= 11 is 0. The summed E-state index contributed by atoms with van der Waals surface area (Å²) < 4.78 is 0. The number of hydrogen-bond acceptors (Lipinski definition) is 6. The van der Waals surface area contributed by atoms with E-state index in [0.29, 0.717) is 0 Å². The van der Waals surface area contributed by atoms with Crippen LogP contribution < -0.4 is 5.32 Å². The second kappa shape index (κ2) is 5.11. The van der Waals surface area contributed by atoms with Gasteiger partial charge in [-0.25, -0.2) is 4.79 Å². The molecule has 0 heterocycles. The molecular formula is C11H13N3O6. The Morgan fingerprint density at radius 2 is 1.55 bits per heavy atom. The second-order valence-corrected chi connectivity index (χ2v) is 5.08. The van der Waals surface area contributed by atoms with Gasteiger partial charge in [0.2, 0.25) is 0 Å². The maximum atomic E-state index is 11.0. The van der Waals surface area contributed by atoms with Gasteiger partial charge in [-0.3, -0.25) is 20.2 Å². The average molecular weight is 283 g/mol. The van der Waals surface area contributed by atoms with Crippen molar-refractivity contribution >= 4 is 23.0 Å². The van der Waals surface area contributed by atoms with Crippen molar-refractivity contribution < 1.29 is 19.7 Å². The molecule has 0 aliphatic carbocycles. The van der Waals surface area contributed by atoms with Crippen molar-refractivity contribution in [1.29, 1.82) is 0 Å². The summed E-state index contributed by atoms with van der Waals surface area (Å²) in [6.07, 6.45) is 0. The molecule has 9 nitrogen and oxygen atoms in total. The van der Waals surface area contributed by atoms with Crippen molar-refractivity contribution in [3.63, 3.8) is 0 Å². The van der Waals surface area contributed by atoms with E-state index in [2.05, 4.69) is 5.32 Å². The lowest BCUT2D eigenvalue weighted by Gasteiger charge is -2.21. The van der Waals surface area contributed by atoms with Crippen LogP contribution in [0.5, 0.6) is 0 Å². The number of carboxylic acids is 1. The van der Waals surface area contributed by atoms with Crippen LogP contribution in [0.25, 0.3) is 0 Å². The van der Waals surface area contributed by atoms with E-state index in [4.69, 9.17) is 5.11 Å². The quantitative estimate of drug-likeness (QED) is 0.639. The van der Waals surface area contributed by atoms with Gasteiger partial charge in [-0.15, -0.1) is 0 Å². The van der Waals surface area contributed by atoms with E-state index in [1.807, 2.05) is 0 Å². The predicted molar refractivity (Wildman–Crippen MR) is 70.1 cm³/mol. The van der Waals surface area contributed by atoms with Crippen molar-refractivity contribution in [2.45, 2.75) is 26.3 Å². The summed E-state index contributed by atoms with van der Waals surface area (Å²) in [4.78, 5) is 31.2. The Balaban J connectivity index is 3.64. The molecule has 1 rings (SSSR count). The van der Waals surface area contributed by atoms with Crippen molar-refractivity contribution in [3.8, 4) is 0 Å². The first-order valence-electron chi connectivity index (χ1n) is 5.51. The number of benzene rings is 1. The topological polar surface area (TPSA) is 136 Å². The molecule has 0 amide bonds. The van der Waals surface area contributed by atoms with Crippen LogP contribution in [-0.2, 0) is 0 Å². The molecule has 20 heavy (non-hydrogen) atoms. The zero-order valence-electron chi connectivity index (χ0n) is 11.0. The molecule has 9 heteroatoms. The van der Waals surface area contributed by atoms with Gasteiger partial charge >= 0.3 is 5.97 Å². The fourth-order valence-electron chi connectivity index (χ4n) is 1.53. The van der Waals surface area contributed by atoms with Gasteiger partial charge in [0.25, 0.3) is 11.4 Å². The van der Waals surface area contributed by atoms with Gasteiger partial charge in [-0.05, 0) is 20.8 Å². The number of nitro benzene ring substituents is 2. The third-order valence-corrected chi connectivity index (χ3v) is 2.24. The minimum absolute atomic E-state index is 0.308. The van der Waals surface area contributed by atoms with Gasteiger partial charge < -0.3 is 10.4 Å². The molecule has 0 bridgehead atoms. The highest BCUT2D eigenvalue weighted by Gasteiger charge is 2.30. The number of hydrogen-bond donors (Lipinski definition) is 2. The molecule has 0 saturated heterocycles. The summed E-state index contributed by atoms with van der Waals surface area (Å²) in [5.41, 5.74) is -2.78. The molecule has 1 aromatic carbocycles. The molecule has 0 radical (unpaired) electrons. The maximum Gasteiger partial charge on any atom is 0.336 e. The van der Waals surface area contributed by atoms with Gasteiger partial charge in [-0.2, -0.15) is 0 Å². The van der Waals surface area contributed by atoms with Crippen LogP contribution in [-0.4, -0.2) is 26.5 Å². The molecule has 0 saturated carbocycles. The van der Waals surface area contributed by atoms with E-state index < -0.39 is 38.3 Å². The normalized spacial score (nSPS) is 10.9. The first kappa shape index (κ1) is 15.3. The highest BCUT2D eigenvalue weighted by atomic mass is 16.6. The molecule has 0 unspecified atom stereocenters. The van der Waals surface area contributed by atoms with Crippen molar-refractivity contribution in [2.24, 2.45) is 0 Å². The second-order valence-electron chi connectivity index (χ2n) is 5.08. The zero-order chi connectivity index (χ0) is 15.7. The summed E-state index contributed by atoms with van der Waals surface area (Å²) in [6.45, 7) is 5.02. The van der Waals surface area contributed by atoms with Crippen molar-refractivity contribution in [3.05, 3.63) is 37.9 Å². The monoisotopic (exact) mass is 283 g/mol. The Bertz CT molecular complexity index is 555. The fraction of sp³-hybridized carbons (Fsp3) is 0.364. The molecular weight excluding hydrogens is 270 g/mol. The highest BCUT2D eigenvalue weighted by Crippen LogP contribution is 2.37. The lowest BCUT2D eigenvalue weighted by molar-refractivity contribution is -0.392. The molecule has 0 aliphatic rings. The molecule has 0 fully saturated rings. The third kappa shape index (κ3) is 3.40. The summed E-state index contributed by atoms with van der Waals surface area (Å²) in [6, 6.07) is 1.59. The number of nitro groups is 2. The van der Waals surface area contributed by atoms with E-state index in [9.17, 15) is 25.0 Å². The summed E-state index contributed by atoms with van der Waals surface area (Å²) in [5.74, 6) is -1.47. The molecule has 0 atom stereocenters. The lowest BCUT2D eigenvalue weighted by Crippen LogP contribution is -2.27. The minimum atomic E-state index is -1.47. The number of nitrogens with one attached hydrogen (secondary N) is 1. The summed E-state index contributed by atoms with van der Waals surface area (Å²) in [5, 5.41) is 33.5. The minimum Gasteiger partial charge on any atom is -0.478 e. The van der Waals surface area contributed by atoms with Crippen LogP contribution in [0.4, 0.5) is 17.1 Å². The molecule has 1 aromatic rings. The van der Waals surface area contributed by atoms with Gasteiger partial charge in [-0.1, -0.05) is 0 Å². The number of nitrogens with zero attached hydrogens (tertiary/aromatic N) is 2. The highest BCUT2D eigenvalue weighted by molar-refractivity contribution is 5.92. The molecule has 108 valence electrons. The lowest BCUT2D eigenvalue weighted by atomic mass is 10.1. The predicted octanol–water partition coefficient (Wildman–Crippen LogP) is 2.41. The largest absolute Gasteiger partial charge is 0.478 e. The first-order chi connectivity index (χ1) is 9.03. The van der Waals surface area contributed by atoms with Crippen LogP contribution in [0.1, 0.15) is 31.1 Å². The summed E-state index contributed by atoms with van der Waals surface area (Å²) in [7, 11) is 0. The van der Waals surface area contributed by atoms with Crippen molar-refractivity contribution in [1.82, 2.24) is 0 Å². The number of anilines is 1. The maximum absolute atomic E-state index is 11.0. The molecule has 0 aliphatic heterocycles. The van der Waals surface area contributed by atoms with Gasteiger partial charge in [0.05, 0.1) is 15.4 Å². The number of carboxylic acid groups (broad SMARTS) is 1. The van der Waals surface area contributed by atoms with Crippen LogP contribution in [0, 0.1) is 20.2 Å². The zero-order valence-corrected chi connectivity index (χ0v) is 11.0. The Labute approximate surface area is 113 Å².